The van der Waals surface area contributed by atoms with Crippen molar-refractivity contribution in [3.63, 3.8) is 0 Å². The van der Waals surface area contributed by atoms with Crippen LogP contribution in [0.1, 0.15) is 54.6 Å². The summed E-state index contributed by atoms with van der Waals surface area (Å²) in [6.45, 7) is 4.30. The molecule has 0 bridgehead atoms. The fourth-order valence-corrected chi connectivity index (χ4v) is 3.05. The molecule has 0 aliphatic carbocycles. The van der Waals surface area contributed by atoms with Gasteiger partial charge in [0.15, 0.2) is 0 Å². The van der Waals surface area contributed by atoms with Gasteiger partial charge in [0.25, 0.3) is 0 Å². The number of nitrogens with zero attached hydrogens (tertiary/aromatic N) is 4. The van der Waals surface area contributed by atoms with Crippen molar-refractivity contribution >= 4 is 0 Å². The van der Waals surface area contributed by atoms with Crippen molar-refractivity contribution in [2.24, 2.45) is 0 Å². The maximum absolute atomic E-state index is 10.1. The number of aliphatic hydroxyl groups is 1. The van der Waals surface area contributed by atoms with Gasteiger partial charge >= 0.3 is 0 Å². The molecule has 6 nitrogen and oxygen atoms in total. The molecule has 24 heavy (non-hydrogen) atoms. The minimum Gasteiger partial charge on any atom is -0.385 e. The molecule has 2 heterocycles. The summed E-state index contributed by atoms with van der Waals surface area (Å²) in [5, 5.41) is 23.7. The summed E-state index contributed by atoms with van der Waals surface area (Å²) in [7, 11) is 0. The highest BCUT2D eigenvalue weighted by Gasteiger charge is 2.17. The van der Waals surface area contributed by atoms with Gasteiger partial charge in [0.05, 0.1) is 6.04 Å². The molecule has 126 valence electrons. The lowest BCUT2D eigenvalue weighted by Gasteiger charge is -2.21. The van der Waals surface area contributed by atoms with Crippen LogP contribution < -0.4 is 0 Å². The van der Waals surface area contributed by atoms with Crippen molar-refractivity contribution in [1.82, 2.24) is 25.2 Å². The zero-order valence-electron chi connectivity index (χ0n) is 14.1. The number of aromatic nitrogens is 5. The van der Waals surface area contributed by atoms with Gasteiger partial charge in [0.2, 0.25) is 5.82 Å². The molecule has 0 aliphatic rings. The van der Waals surface area contributed by atoms with Crippen molar-refractivity contribution in [1.29, 1.82) is 0 Å². The SMILES string of the molecule is CCC(c1ccc(C)cc1)n1cccc1CCC(O)c1nn[nH]n1. The van der Waals surface area contributed by atoms with Gasteiger partial charge in [-0.25, -0.2) is 0 Å². The number of hydrogen-bond donors (Lipinski definition) is 2. The Morgan fingerprint density at radius 2 is 2.00 bits per heavy atom. The first-order valence-electron chi connectivity index (χ1n) is 8.32. The number of rotatable bonds is 7. The summed E-state index contributed by atoms with van der Waals surface area (Å²) in [5.74, 6) is 0.346. The summed E-state index contributed by atoms with van der Waals surface area (Å²) in [6, 6.07) is 13.2. The first-order chi connectivity index (χ1) is 11.7. The van der Waals surface area contributed by atoms with Crippen molar-refractivity contribution < 1.29 is 5.11 Å². The normalized spacial score (nSPS) is 13.8. The summed E-state index contributed by atoms with van der Waals surface area (Å²) < 4.78 is 2.30. The maximum Gasteiger partial charge on any atom is 0.202 e. The molecule has 2 unspecified atom stereocenters. The number of hydrogen-bond acceptors (Lipinski definition) is 4. The minimum atomic E-state index is -0.702. The fraction of sp³-hybridized carbons (Fsp3) is 0.389. The average Bonchev–Trinajstić information content (AvgIpc) is 3.27. The Morgan fingerprint density at radius 1 is 1.21 bits per heavy atom. The van der Waals surface area contributed by atoms with Gasteiger partial charge in [0.1, 0.15) is 6.10 Å². The largest absolute Gasteiger partial charge is 0.385 e. The maximum atomic E-state index is 10.1. The van der Waals surface area contributed by atoms with Crippen molar-refractivity contribution in [2.45, 2.75) is 45.3 Å². The summed E-state index contributed by atoms with van der Waals surface area (Å²) in [5.41, 5.74) is 3.77. The molecule has 1 aromatic carbocycles. The van der Waals surface area contributed by atoms with Crippen molar-refractivity contribution in [3.05, 3.63) is 65.2 Å². The van der Waals surface area contributed by atoms with Gasteiger partial charge in [-0.3, -0.25) is 0 Å². The molecule has 0 radical (unpaired) electrons. The number of H-pyrrole nitrogens is 1. The second-order valence-electron chi connectivity index (χ2n) is 6.07. The van der Waals surface area contributed by atoms with E-state index in [4.69, 9.17) is 0 Å². The quantitative estimate of drug-likeness (QED) is 0.700. The number of aromatic amines is 1. The Hall–Kier alpha value is -2.47. The third-order valence-corrected chi connectivity index (χ3v) is 4.39. The van der Waals surface area contributed by atoms with Gasteiger partial charge in [0, 0.05) is 11.9 Å². The van der Waals surface area contributed by atoms with Crippen LogP contribution in [-0.2, 0) is 6.42 Å². The molecule has 3 rings (SSSR count). The lowest BCUT2D eigenvalue weighted by molar-refractivity contribution is 0.157. The van der Waals surface area contributed by atoms with E-state index in [1.54, 1.807) is 0 Å². The van der Waals surface area contributed by atoms with E-state index in [9.17, 15) is 5.11 Å². The van der Waals surface area contributed by atoms with Crippen LogP contribution in [-0.4, -0.2) is 30.3 Å². The standard InChI is InChI=1S/C18H23N5O/c1-3-16(14-8-6-13(2)7-9-14)23-12-4-5-15(23)10-11-17(24)18-19-21-22-20-18/h4-9,12,16-17,24H,3,10-11H2,1-2H3,(H,19,20,21,22). The molecule has 2 N–H and O–H groups in total. The first-order valence-corrected chi connectivity index (χ1v) is 8.32. The summed E-state index contributed by atoms with van der Waals surface area (Å²) >= 11 is 0. The molecule has 0 aliphatic heterocycles. The highest BCUT2D eigenvalue weighted by molar-refractivity contribution is 5.26. The summed E-state index contributed by atoms with van der Waals surface area (Å²) in [4.78, 5) is 0. The molecule has 6 heteroatoms. The topological polar surface area (TPSA) is 79.6 Å². The Labute approximate surface area is 141 Å². The van der Waals surface area contributed by atoms with E-state index in [0.29, 0.717) is 18.3 Å². The molecular weight excluding hydrogens is 302 g/mol. The zero-order valence-corrected chi connectivity index (χ0v) is 14.1. The third kappa shape index (κ3) is 3.54. The average molecular weight is 325 g/mol. The highest BCUT2D eigenvalue weighted by atomic mass is 16.3. The van der Waals surface area contributed by atoms with Gasteiger partial charge in [-0.1, -0.05) is 42.0 Å². The van der Waals surface area contributed by atoms with Gasteiger partial charge in [-0.15, -0.1) is 10.2 Å². The van der Waals surface area contributed by atoms with Gasteiger partial charge < -0.3 is 9.67 Å². The van der Waals surface area contributed by atoms with Gasteiger partial charge in [-0.05, 0) is 43.9 Å². The smallest absolute Gasteiger partial charge is 0.202 e. The Morgan fingerprint density at radius 3 is 2.67 bits per heavy atom. The minimum absolute atomic E-state index is 0.304. The van der Waals surface area contributed by atoms with E-state index >= 15 is 0 Å². The van der Waals surface area contributed by atoms with Crippen LogP contribution in [0, 0.1) is 6.92 Å². The number of aliphatic hydroxyl groups excluding tert-OH is 1. The zero-order chi connectivity index (χ0) is 16.9. The molecule has 0 fully saturated rings. The lowest BCUT2D eigenvalue weighted by Crippen LogP contribution is -2.13. The van der Waals surface area contributed by atoms with E-state index in [2.05, 4.69) is 81.6 Å². The second kappa shape index (κ2) is 7.40. The van der Waals surface area contributed by atoms with Gasteiger partial charge in [-0.2, -0.15) is 5.21 Å². The summed E-state index contributed by atoms with van der Waals surface area (Å²) in [6.07, 6.45) is 3.74. The molecule has 0 amide bonds. The molecule has 3 aromatic rings. The van der Waals surface area contributed by atoms with Crippen LogP contribution in [0.15, 0.2) is 42.6 Å². The number of aryl methyl sites for hydroxylation is 2. The number of benzene rings is 1. The molecule has 0 saturated heterocycles. The monoisotopic (exact) mass is 325 g/mol. The van der Waals surface area contributed by atoms with E-state index in [0.717, 1.165) is 12.8 Å². The molecule has 2 aromatic heterocycles. The first kappa shape index (κ1) is 16.4. The number of tetrazole rings is 1. The van der Waals surface area contributed by atoms with E-state index < -0.39 is 6.10 Å². The Bertz CT molecular complexity index is 748. The van der Waals surface area contributed by atoms with Crippen LogP contribution in [0.2, 0.25) is 0 Å². The predicted molar refractivity (Wildman–Crippen MR) is 91.5 cm³/mol. The molecular formula is C18H23N5O. The fourth-order valence-electron chi connectivity index (χ4n) is 3.05. The highest BCUT2D eigenvalue weighted by Crippen LogP contribution is 2.26. The molecule has 0 spiro atoms. The lowest BCUT2D eigenvalue weighted by atomic mass is 10.0. The van der Waals surface area contributed by atoms with E-state index in [1.807, 2.05) is 0 Å². The third-order valence-electron chi connectivity index (χ3n) is 4.39. The van der Waals surface area contributed by atoms with E-state index in [1.165, 1.54) is 16.8 Å². The second-order valence-corrected chi connectivity index (χ2v) is 6.07. The Kier molecular flexibility index (Phi) is 5.05. The van der Waals surface area contributed by atoms with Crippen molar-refractivity contribution in [3.8, 4) is 0 Å². The van der Waals surface area contributed by atoms with Crippen LogP contribution in [0.25, 0.3) is 0 Å². The van der Waals surface area contributed by atoms with Crippen LogP contribution in [0.3, 0.4) is 0 Å². The Balaban J connectivity index is 1.74. The van der Waals surface area contributed by atoms with Crippen LogP contribution in [0.5, 0.6) is 0 Å². The van der Waals surface area contributed by atoms with E-state index in [-0.39, 0.29) is 0 Å². The van der Waals surface area contributed by atoms with Crippen LogP contribution in [0.4, 0.5) is 0 Å². The molecule has 2 atom stereocenters. The van der Waals surface area contributed by atoms with Crippen LogP contribution >= 0.6 is 0 Å². The predicted octanol–water partition coefficient (Wildman–Crippen LogP) is 2.98. The molecule has 0 saturated carbocycles. The van der Waals surface area contributed by atoms with Crippen molar-refractivity contribution in [2.75, 3.05) is 0 Å². The number of nitrogens with one attached hydrogen (secondary N) is 1.